The Morgan fingerprint density at radius 2 is 1.81 bits per heavy atom. The number of hydrogen-bond donors (Lipinski definition) is 1. The number of carbonyl (C=O) groups excluding carboxylic acids is 2. The molecule has 1 aromatic heterocycles. The highest BCUT2D eigenvalue weighted by atomic mass is 19.1. The summed E-state index contributed by atoms with van der Waals surface area (Å²) in [5, 5.41) is 2.45. The van der Waals surface area contributed by atoms with Crippen LogP contribution in [0.2, 0.25) is 0 Å². The zero-order chi connectivity index (χ0) is 22.9. The summed E-state index contributed by atoms with van der Waals surface area (Å²) >= 11 is 0. The molecule has 0 aliphatic rings. The number of amides is 1. The van der Waals surface area contributed by atoms with Gasteiger partial charge in [-0.25, -0.2) is 23.9 Å². The van der Waals surface area contributed by atoms with Crippen molar-refractivity contribution in [1.29, 1.82) is 0 Å². The first kappa shape index (κ1) is 22.7. The van der Waals surface area contributed by atoms with Crippen molar-refractivity contribution >= 4 is 23.1 Å². The molecule has 0 bridgehead atoms. The van der Waals surface area contributed by atoms with Crippen LogP contribution in [0.5, 0.6) is 17.4 Å². The fourth-order valence-corrected chi connectivity index (χ4v) is 2.58. The number of hydrogen-bond acceptors (Lipinski definition) is 8. The number of fused-ring (bicyclic) bond motifs is 1. The number of alkyl carbamates (subject to hydrolysis) is 1. The third-order valence-electron chi connectivity index (χ3n) is 4.06. The van der Waals surface area contributed by atoms with Crippen molar-refractivity contribution in [1.82, 2.24) is 15.3 Å². The average molecular weight is 443 g/mol. The van der Waals surface area contributed by atoms with E-state index in [2.05, 4.69) is 15.3 Å². The van der Waals surface area contributed by atoms with Crippen molar-refractivity contribution in [2.75, 3.05) is 19.8 Å². The van der Waals surface area contributed by atoms with Gasteiger partial charge in [0, 0.05) is 6.07 Å². The molecular formula is C22H22FN3O6. The van der Waals surface area contributed by atoms with E-state index in [0.717, 1.165) is 0 Å². The Labute approximate surface area is 183 Å². The van der Waals surface area contributed by atoms with Gasteiger partial charge in [-0.1, -0.05) is 0 Å². The molecule has 0 saturated heterocycles. The fourth-order valence-electron chi connectivity index (χ4n) is 2.58. The second-order valence-corrected chi connectivity index (χ2v) is 6.49. The van der Waals surface area contributed by atoms with Crippen molar-refractivity contribution in [3.63, 3.8) is 0 Å². The molecule has 0 spiro atoms. The summed E-state index contributed by atoms with van der Waals surface area (Å²) in [5.74, 6) is 0.215. The SMILES string of the molecule is CCOC(=O)NCCOC(=O)[C@@H](C)Oc1ccc(Oc2cnc3cc(F)ccc3n2)cc1. The molecule has 3 aromatic rings. The molecular weight excluding hydrogens is 421 g/mol. The highest BCUT2D eigenvalue weighted by Gasteiger charge is 2.16. The van der Waals surface area contributed by atoms with E-state index in [1.54, 1.807) is 38.1 Å². The highest BCUT2D eigenvalue weighted by molar-refractivity contribution is 5.75. The maximum atomic E-state index is 13.2. The Kier molecular flexibility index (Phi) is 7.74. The fraction of sp³-hybridized carbons (Fsp3) is 0.273. The Balaban J connectivity index is 1.48. The van der Waals surface area contributed by atoms with Gasteiger partial charge in [0.05, 0.1) is 30.4 Å². The maximum absolute atomic E-state index is 13.2. The topological polar surface area (TPSA) is 109 Å². The summed E-state index contributed by atoms with van der Waals surface area (Å²) in [6.07, 6.45) is -0.0176. The number of ether oxygens (including phenoxy) is 4. The first-order valence-corrected chi connectivity index (χ1v) is 9.88. The molecule has 3 rings (SSSR count). The van der Waals surface area contributed by atoms with Crippen LogP contribution in [0.4, 0.5) is 9.18 Å². The molecule has 32 heavy (non-hydrogen) atoms. The predicted octanol–water partition coefficient (Wildman–Crippen LogP) is 3.62. The van der Waals surface area contributed by atoms with Gasteiger partial charge in [-0.15, -0.1) is 0 Å². The van der Waals surface area contributed by atoms with E-state index in [9.17, 15) is 14.0 Å². The quantitative estimate of drug-likeness (QED) is 0.395. The lowest BCUT2D eigenvalue weighted by molar-refractivity contribution is -0.150. The standard InChI is InChI=1S/C22H22FN3O6/c1-3-29-22(28)24-10-11-30-21(27)14(2)31-16-5-7-17(8-6-16)32-20-13-25-19-12-15(23)4-9-18(19)26-20/h4-9,12-14H,3,10-11H2,1-2H3,(H,24,28)/t14-/m1/s1. The van der Waals surface area contributed by atoms with Crippen LogP contribution in [0.3, 0.4) is 0 Å². The number of halogens is 1. The van der Waals surface area contributed by atoms with E-state index in [1.807, 2.05) is 0 Å². The smallest absolute Gasteiger partial charge is 0.407 e. The van der Waals surface area contributed by atoms with Crippen LogP contribution in [0.15, 0.2) is 48.7 Å². The van der Waals surface area contributed by atoms with E-state index < -0.39 is 18.2 Å². The largest absolute Gasteiger partial charge is 0.479 e. The predicted molar refractivity (Wildman–Crippen MR) is 112 cm³/mol. The first-order chi connectivity index (χ1) is 15.4. The van der Waals surface area contributed by atoms with Crippen LogP contribution in [-0.4, -0.2) is 47.9 Å². The zero-order valence-corrected chi connectivity index (χ0v) is 17.5. The molecule has 1 N–H and O–H groups in total. The van der Waals surface area contributed by atoms with Crippen LogP contribution < -0.4 is 14.8 Å². The van der Waals surface area contributed by atoms with Crippen molar-refractivity contribution in [2.24, 2.45) is 0 Å². The summed E-state index contributed by atoms with van der Waals surface area (Å²) in [6, 6.07) is 10.7. The summed E-state index contributed by atoms with van der Waals surface area (Å²) < 4.78 is 34.2. The molecule has 0 aliphatic heterocycles. The molecule has 9 nitrogen and oxygen atoms in total. The van der Waals surface area contributed by atoms with Gasteiger partial charge in [-0.3, -0.25) is 0 Å². The van der Waals surface area contributed by atoms with Crippen molar-refractivity contribution in [3.05, 3.63) is 54.5 Å². The number of esters is 1. The molecule has 1 atom stereocenters. The minimum absolute atomic E-state index is 0.00242. The van der Waals surface area contributed by atoms with Crippen LogP contribution in [0.1, 0.15) is 13.8 Å². The van der Waals surface area contributed by atoms with E-state index in [0.29, 0.717) is 22.5 Å². The molecule has 0 aliphatic carbocycles. The van der Waals surface area contributed by atoms with Gasteiger partial charge in [0.2, 0.25) is 5.88 Å². The van der Waals surface area contributed by atoms with Crippen LogP contribution in [-0.2, 0) is 14.3 Å². The molecule has 0 radical (unpaired) electrons. The number of nitrogens with one attached hydrogen (secondary N) is 1. The third kappa shape index (κ3) is 6.53. The number of benzene rings is 2. The van der Waals surface area contributed by atoms with E-state index in [-0.39, 0.29) is 31.5 Å². The van der Waals surface area contributed by atoms with Crippen LogP contribution >= 0.6 is 0 Å². The number of rotatable bonds is 9. The molecule has 168 valence electrons. The molecule has 2 aromatic carbocycles. The zero-order valence-electron chi connectivity index (χ0n) is 17.5. The summed E-state index contributed by atoms with van der Waals surface area (Å²) in [4.78, 5) is 31.6. The van der Waals surface area contributed by atoms with Crippen molar-refractivity contribution in [3.8, 4) is 17.4 Å². The molecule has 10 heteroatoms. The second kappa shape index (κ2) is 10.9. The molecule has 0 unspecified atom stereocenters. The van der Waals surface area contributed by atoms with Gasteiger partial charge < -0.3 is 24.3 Å². The van der Waals surface area contributed by atoms with Gasteiger partial charge in [0.1, 0.15) is 23.9 Å². The van der Waals surface area contributed by atoms with Gasteiger partial charge in [-0.05, 0) is 50.2 Å². The third-order valence-corrected chi connectivity index (χ3v) is 4.06. The van der Waals surface area contributed by atoms with Crippen molar-refractivity contribution < 1.29 is 32.9 Å². The van der Waals surface area contributed by atoms with Gasteiger partial charge in [0.25, 0.3) is 0 Å². The van der Waals surface area contributed by atoms with E-state index in [1.165, 1.54) is 24.4 Å². The second-order valence-electron chi connectivity index (χ2n) is 6.49. The maximum Gasteiger partial charge on any atom is 0.407 e. The Morgan fingerprint density at radius 3 is 2.56 bits per heavy atom. The summed E-state index contributed by atoms with van der Waals surface area (Å²) in [5.41, 5.74) is 0.937. The average Bonchev–Trinajstić information content (AvgIpc) is 2.78. The first-order valence-electron chi connectivity index (χ1n) is 9.88. The lowest BCUT2D eigenvalue weighted by Crippen LogP contribution is -2.31. The van der Waals surface area contributed by atoms with E-state index in [4.69, 9.17) is 18.9 Å². The van der Waals surface area contributed by atoms with Gasteiger partial charge >= 0.3 is 12.1 Å². The lowest BCUT2D eigenvalue weighted by Gasteiger charge is -2.14. The summed E-state index contributed by atoms with van der Waals surface area (Å²) in [6.45, 7) is 3.64. The number of aromatic nitrogens is 2. The van der Waals surface area contributed by atoms with Gasteiger partial charge in [0.15, 0.2) is 6.10 Å². The number of carbonyl (C=O) groups is 2. The minimum Gasteiger partial charge on any atom is -0.479 e. The van der Waals surface area contributed by atoms with Crippen LogP contribution in [0, 0.1) is 5.82 Å². The van der Waals surface area contributed by atoms with Gasteiger partial charge in [-0.2, -0.15) is 0 Å². The Hall–Kier alpha value is -3.95. The monoisotopic (exact) mass is 443 g/mol. The molecule has 0 saturated carbocycles. The van der Waals surface area contributed by atoms with E-state index >= 15 is 0 Å². The molecule has 0 fully saturated rings. The molecule has 1 amide bonds. The normalized spacial score (nSPS) is 11.5. The minimum atomic E-state index is -0.851. The highest BCUT2D eigenvalue weighted by Crippen LogP contribution is 2.24. The van der Waals surface area contributed by atoms with Crippen molar-refractivity contribution in [2.45, 2.75) is 20.0 Å². The Morgan fingerprint density at radius 1 is 1.06 bits per heavy atom. The lowest BCUT2D eigenvalue weighted by atomic mass is 10.3. The Bertz CT molecular complexity index is 1080. The van der Waals surface area contributed by atoms with Crippen LogP contribution in [0.25, 0.3) is 11.0 Å². The molecule has 1 heterocycles. The number of nitrogens with zero attached hydrogens (tertiary/aromatic N) is 2. The summed E-state index contributed by atoms with van der Waals surface area (Å²) in [7, 11) is 0.